The van der Waals surface area contributed by atoms with Crippen LogP contribution < -0.4 is 5.69 Å². The summed E-state index contributed by atoms with van der Waals surface area (Å²) in [7, 11) is 5.92. The molecule has 1 saturated heterocycles. The number of hydrogen-bond acceptors (Lipinski definition) is 2. The molecular weight excluding hydrogens is 262 g/mol. The Kier molecular flexibility index (Phi) is 2.67. The molecule has 2 bridgehead atoms. The Bertz CT molecular complexity index is 798. The van der Waals surface area contributed by atoms with Gasteiger partial charge in [0.25, 0.3) is 0 Å². The van der Waals surface area contributed by atoms with Gasteiger partial charge in [-0.25, -0.2) is 4.79 Å². The van der Waals surface area contributed by atoms with Gasteiger partial charge in [0.15, 0.2) is 0 Å². The SMILES string of the molecule is CN1C2C=CC(c3ccc4c(c3)n(C)c(=O)n4C)C1CC2. The van der Waals surface area contributed by atoms with Crippen LogP contribution in [0.15, 0.2) is 35.1 Å². The van der Waals surface area contributed by atoms with E-state index in [9.17, 15) is 4.79 Å². The standard InChI is InChI=1S/C17H21N3O/c1-18-12-5-7-13(14(18)9-6-12)11-4-8-15-16(10-11)20(3)17(21)19(15)2/h4-5,7-8,10,12-14H,6,9H2,1-3H3. The quantitative estimate of drug-likeness (QED) is 0.749. The third-order valence-electron chi connectivity index (χ3n) is 5.44. The Labute approximate surface area is 124 Å². The highest BCUT2D eigenvalue weighted by atomic mass is 16.1. The van der Waals surface area contributed by atoms with Crippen LogP contribution in [0.5, 0.6) is 0 Å². The van der Waals surface area contributed by atoms with Crippen LogP contribution in [0.2, 0.25) is 0 Å². The van der Waals surface area contributed by atoms with Crippen LogP contribution in [0, 0.1) is 0 Å². The van der Waals surface area contributed by atoms with Crippen LogP contribution in [0.1, 0.15) is 24.3 Å². The predicted octanol–water partition coefficient (Wildman–Crippen LogP) is 1.99. The third kappa shape index (κ3) is 1.69. The van der Waals surface area contributed by atoms with Crippen molar-refractivity contribution in [3.63, 3.8) is 0 Å². The molecule has 0 amide bonds. The van der Waals surface area contributed by atoms with Crippen LogP contribution in [-0.2, 0) is 14.1 Å². The summed E-state index contributed by atoms with van der Waals surface area (Å²) >= 11 is 0. The number of nitrogens with zero attached hydrogens (tertiary/aromatic N) is 3. The summed E-state index contributed by atoms with van der Waals surface area (Å²) in [5, 5.41) is 0. The molecule has 0 spiro atoms. The smallest absolute Gasteiger partial charge is 0.296 e. The van der Waals surface area contributed by atoms with E-state index in [0.717, 1.165) is 11.0 Å². The maximum Gasteiger partial charge on any atom is 0.328 e. The van der Waals surface area contributed by atoms with Gasteiger partial charge >= 0.3 is 5.69 Å². The molecular formula is C17H21N3O. The van der Waals surface area contributed by atoms with E-state index in [0.29, 0.717) is 18.0 Å². The largest absolute Gasteiger partial charge is 0.328 e. The van der Waals surface area contributed by atoms with Crippen LogP contribution in [0.3, 0.4) is 0 Å². The highest BCUT2D eigenvalue weighted by molar-refractivity contribution is 5.77. The van der Waals surface area contributed by atoms with Crippen LogP contribution in [-0.4, -0.2) is 33.2 Å². The first-order chi connectivity index (χ1) is 10.1. The Morgan fingerprint density at radius 3 is 2.57 bits per heavy atom. The van der Waals surface area contributed by atoms with Crippen LogP contribution in [0.4, 0.5) is 0 Å². The van der Waals surface area contributed by atoms with Gasteiger partial charge in [-0.3, -0.25) is 14.0 Å². The van der Waals surface area contributed by atoms with Gasteiger partial charge in [0.1, 0.15) is 0 Å². The Balaban J connectivity index is 1.85. The molecule has 3 heterocycles. The van der Waals surface area contributed by atoms with E-state index in [1.165, 1.54) is 18.4 Å². The minimum atomic E-state index is 0.0411. The van der Waals surface area contributed by atoms with Crippen molar-refractivity contribution < 1.29 is 0 Å². The second-order valence-corrected chi connectivity index (χ2v) is 6.44. The Morgan fingerprint density at radius 2 is 1.76 bits per heavy atom. The van der Waals surface area contributed by atoms with Gasteiger partial charge in [-0.15, -0.1) is 0 Å². The number of rotatable bonds is 1. The second kappa shape index (κ2) is 4.34. The summed E-state index contributed by atoms with van der Waals surface area (Å²) in [6, 6.07) is 7.68. The highest BCUT2D eigenvalue weighted by Gasteiger charge is 2.37. The van der Waals surface area contributed by atoms with E-state index in [2.05, 4.69) is 42.3 Å². The van der Waals surface area contributed by atoms with Crippen molar-refractivity contribution in [3.8, 4) is 0 Å². The zero-order chi connectivity index (χ0) is 14.7. The van der Waals surface area contributed by atoms with Crippen molar-refractivity contribution in [2.24, 2.45) is 14.1 Å². The molecule has 4 nitrogen and oxygen atoms in total. The summed E-state index contributed by atoms with van der Waals surface area (Å²) in [5.74, 6) is 0.438. The lowest BCUT2D eigenvalue weighted by molar-refractivity contribution is 0.241. The molecule has 110 valence electrons. The van der Waals surface area contributed by atoms with Crippen LogP contribution >= 0.6 is 0 Å². The van der Waals surface area contributed by atoms with Crippen molar-refractivity contribution in [3.05, 3.63) is 46.4 Å². The monoisotopic (exact) mass is 283 g/mol. The highest BCUT2D eigenvalue weighted by Crippen LogP contribution is 2.39. The molecule has 0 aliphatic carbocycles. The summed E-state index contributed by atoms with van der Waals surface area (Å²) in [6.07, 6.45) is 7.23. The van der Waals surface area contributed by atoms with E-state index in [4.69, 9.17) is 0 Å². The zero-order valence-electron chi connectivity index (χ0n) is 12.8. The lowest BCUT2D eigenvalue weighted by Gasteiger charge is -2.33. The summed E-state index contributed by atoms with van der Waals surface area (Å²) in [4.78, 5) is 14.6. The van der Waals surface area contributed by atoms with Gasteiger partial charge in [-0.1, -0.05) is 18.2 Å². The zero-order valence-corrected chi connectivity index (χ0v) is 12.8. The first-order valence-corrected chi connectivity index (χ1v) is 7.63. The van der Waals surface area contributed by atoms with E-state index in [1.807, 2.05) is 14.1 Å². The van der Waals surface area contributed by atoms with Gasteiger partial charge < -0.3 is 0 Å². The number of aryl methyl sites for hydroxylation is 2. The topological polar surface area (TPSA) is 30.2 Å². The average Bonchev–Trinajstić information content (AvgIpc) is 2.84. The normalized spacial score (nSPS) is 28.6. The van der Waals surface area contributed by atoms with Crippen molar-refractivity contribution >= 4 is 11.0 Å². The van der Waals surface area contributed by atoms with Gasteiger partial charge in [0.2, 0.25) is 0 Å². The Morgan fingerprint density at radius 1 is 1.00 bits per heavy atom. The van der Waals surface area contributed by atoms with Crippen molar-refractivity contribution in [1.29, 1.82) is 0 Å². The number of likely N-dealkylation sites (N-methyl/N-ethyl adjacent to an activating group) is 1. The average molecular weight is 283 g/mol. The molecule has 1 aromatic carbocycles. The maximum absolute atomic E-state index is 12.1. The van der Waals surface area contributed by atoms with E-state index < -0.39 is 0 Å². The molecule has 3 atom stereocenters. The number of benzene rings is 1. The lowest BCUT2D eigenvalue weighted by Crippen LogP contribution is -2.37. The number of aromatic nitrogens is 2. The predicted molar refractivity (Wildman–Crippen MR) is 84.6 cm³/mol. The van der Waals surface area contributed by atoms with Gasteiger partial charge in [0.05, 0.1) is 11.0 Å². The van der Waals surface area contributed by atoms with E-state index in [-0.39, 0.29) is 5.69 Å². The summed E-state index contributed by atoms with van der Waals surface area (Å²) in [5.41, 5.74) is 3.39. The number of imidazole rings is 1. The molecule has 4 heteroatoms. The number of fused-ring (bicyclic) bond motifs is 3. The van der Waals surface area contributed by atoms with Crippen molar-refractivity contribution in [2.75, 3.05) is 7.05 Å². The lowest BCUT2D eigenvalue weighted by atomic mass is 9.88. The third-order valence-corrected chi connectivity index (χ3v) is 5.44. The summed E-state index contributed by atoms with van der Waals surface area (Å²) < 4.78 is 3.46. The first-order valence-electron chi connectivity index (χ1n) is 7.63. The molecule has 4 rings (SSSR count). The van der Waals surface area contributed by atoms with Crippen LogP contribution in [0.25, 0.3) is 11.0 Å². The molecule has 1 fully saturated rings. The molecule has 0 N–H and O–H groups in total. The summed E-state index contributed by atoms with van der Waals surface area (Å²) in [6.45, 7) is 0. The van der Waals surface area contributed by atoms with Gasteiger partial charge in [0, 0.05) is 32.1 Å². The maximum atomic E-state index is 12.1. The molecule has 1 aromatic heterocycles. The fraction of sp³-hybridized carbons (Fsp3) is 0.471. The molecule has 3 unspecified atom stereocenters. The molecule has 2 aromatic rings. The number of hydrogen-bond donors (Lipinski definition) is 0. The minimum Gasteiger partial charge on any atom is -0.296 e. The molecule has 0 radical (unpaired) electrons. The van der Waals surface area contributed by atoms with Gasteiger partial charge in [-0.05, 0) is 37.6 Å². The first kappa shape index (κ1) is 12.9. The Hall–Kier alpha value is -1.81. The van der Waals surface area contributed by atoms with Gasteiger partial charge in [-0.2, -0.15) is 0 Å². The minimum absolute atomic E-state index is 0.0411. The molecule has 2 aliphatic rings. The van der Waals surface area contributed by atoms with E-state index in [1.54, 1.807) is 9.13 Å². The van der Waals surface area contributed by atoms with E-state index >= 15 is 0 Å². The molecule has 0 saturated carbocycles. The van der Waals surface area contributed by atoms with Crippen molar-refractivity contribution in [1.82, 2.24) is 14.0 Å². The molecule has 2 aliphatic heterocycles. The fourth-order valence-corrected chi connectivity index (χ4v) is 4.10. The fourth-order valence-electron chi connectivity index (χ4n) is 4.10. The molecule has 21 heavy (non-hydrogen) atoms. The van der Waals surface area contributed by atoms with Crippen molar-refractivity contribution in [2.45, 2.75) is 30.8 Å². The second-order valence-electron chi connectivity index (χ2n) is 6.44.